The van der Waals surface area contributed by atoms with E-state index in [2.05, 4.69) is 25.5 Å². The molecule has 2 N–H and O–H groups in total. The van der Waals surface area contributed by atoms with Gasteiger partial charge in [0.05, 0.1) is 22.2 Å². The summed E-state index contributed by atoms with van der Waals surface area (Å²) in [4.78, 5) is 34.6. The molecule has 2 amide bonds. The zero-order chi connectivity index (χ0) is 25.1. The van der Waals surface area contributed by atoms with E-state index in [1.165, 1.54) is 0 Å². The molecule has 11 heteroatoms. The van der Waals surface area contributed by atoms with Gasteiger partial charge in [-0.15, -0.1) is 0 Å². The lowest BCUT2D eigenvalue weighted by Crippen LogP contribution is -2.38. The van der Waals surface area contributed by atoms with E-state index < -0.39 is 5.91 Å². The lowest BCUT2D eigenvalue weighted by molar-refractivity contribution is -0.115. The third-order valence-electron chi connectivity index (χ3n) is 6.07. The number of piperidine rings is 1. The fourth-order valence-corrected chi connectivity index (χ4v) is 5.36. The van der Waals surface area contributed by atoms with E-state index in [-0.39, 0.29) is 5.24 Å². The van der Waals surface area contributed by atoms with Gasteiger partial charge in [-0.1, -0.05) is 23.2 Å². The third kappa shape index (κ3) is 5.92. The van der Waals surface area contributed by atoms with Crippen LogP contribution >= 0.6 is 35.0 Å². The summed E-state index contributed by atoms with van der Waals surface area (Å²) in [5.41, 5.74) is 1.43. The van der Waals surface area contributed by atoms with Crippen LogP contribution in [-0.4, -0.2) is 40.7 Å². The molecule has 2 aliphatic rings. The van der Waals surface area contributed by atoms with Crippen LogP contribution in [0.15, 0.2) is 51.9 Å². The monoisotopic (exact) mass is 543 g/mol. The number of carbonyl (C=O) groups excluding carboxylic acids is 2. The topological polar surface area (TPSA) is 100 Å². The first-order valence-corrected chi connectivity index (χ1v) is 13.1. The number of aromatic nitrogens is 2. The maximum atomic E-state index is 11.8. The average Bonchev–Trinajstić information content (AvgIpc) is 3.45. The summed E-state index contributed by atoms with van der Waals surface area (Å²) < 4.78 is 5.96. The number of imide groups is 1. The van der Waals surface area contributed by atoms with Crippen molar-refractivity contribution < 1.29 is 14.0 Å². The SMILES string of the molecule is O=C1NC(=O)/C(=C\c2ccnc(N3CCC(CNCc4ccc(-c5ccc(Cl)cc5Cl)o4)CC3)n2)S1. The van der Waals surface area contributed by atoms with Crippen LogP contribution in [0, 0.1) is 5.92 Å². The molecule has 1 aromatic carbocycles. The maximum Gasteiger partial charge on any atom is 0.290 e. The van der Waals surface area contributed by atoms with Crippen molar-refractivity contribution in [1.29, 1.82) is 0 Å². The highest BCUT2D eigenvalue weighted by Gasteiger charge is 2.26. The zero-order valence-electron chi connectivity index (χ0n) is 19.2. The number of nitrogens with zero attached hydrogens (tertiary/aromatic N) is 3. The van der Waals surface area contributed by atoms with E-state index in [4.69, 9.17) is 27.6 Å². The lowest BCUT2D eigenvalue weighted by atomic mass is 9.97. The smallest absolute Gasteiger partial charge is 0.290 e. The van der Waals surface area contributed by atoms with Gasteiger partial charge in [0.25, 0.3) is 11.1 Å². The second-order valence-electron chi connectivity index (χ2n) is 8.59. The molecule has 0 spiro atoms. The predicted octanol–water partition coefficient (Wildman–Crippen LogP) is 5.37. The molecule has 2 aromatic heterocycles. The van der Waals surface area contributed by atoms with Crippen LogP contribution in [0.5, 0.6) is 0 Å². The number of hydrogen-bond donors (Lipinski definition) is 2. The van der Waals surface area contributed by atoms with Gasteiger partial charge in [-0.3, -0.25) is 14.9 Å². The Bertz CT molecular complexity index is 1320. The van der Waals surface area contributed by atoms with Crippen LogP contribution in [-0.2, 0) is 11.3 Å². The molecule has 186 valence electrons. The number of benzene rings is 1. The molecule has 2 aliphatic heterocycles. The Morgan fingerprint density at radius 1 is 1.17 bits per heavy atom. The fraction of sp³-hybridized carbons (Fsp3) is 0.280. The van der Waals surface area contributed by atoms with Gasteiger partial charge in [-0.2, -0.15) is 0 Å². The van der Waals surface area contributed by atoms with E-state index in [9.17, 15) is 9.59 Å². The van der Waals surface area contributed by atoms with Crippen molar-refractivity contribution in [3.05, 3.63) is 69.0 Å². The quantitative estimate of drug-likeness (QED) is 0.383. The molecule has 2 fully saturated rings. The molecule has 3 aromatic rings. The Kier molecular flexibility index (Phi) is 7.62. The van der Waals surface area contributed by atoms with Crippen LogP contribution < -0.4 is 15.5 Å². The van der Waals surface area contributed by atoms with E-state index >= 15 is 0 Å². The Morgan fingerprint density at radius 3 is 2.75 bits per heavy atom. The number of thioether (sulfide) groups is 1. The van der Waals surface area contributed by atoms with Crippen molar-refractivity contribution in [3.8, 4) is 11.3 Å². The molecule has 0 unspecified atom stereocenters. The maximum absolute atomic E-state index is 11.8. The van der Waals surface area contributed by atoms with Gasteiger partial charge >= 0.3 is 0 Å². The van der Waals surface area contributed by atoms with Gasteiger partial charge in [0, 0.05) is 29.9 Å². The summed E-state index contributed by atoms with van der Waals surface area (Å²) >= 11 is 13.1. The second kappa shape index (κ2) is 11.0. The standard InChI is InChI=1S/C25H23Cl2N5O3S/c26-16-1-3-19(20(27)11-16)21-4-2-18(35-21)14-28-13-15-6-9-32(10-7-15)24-29-8-5-17(30-24)12-22-23(33)31-25(34)36-22/h1-5,8,11-12,15,28H,6-7,9-10,13-14H2,(H,31,33,34)/b22-12+. The number of rotatable bonds is 7. The fourth-order valence-electron chi connectivity index (χ4n) is 4.19. The van der Waals surface area contributed by atoms with Crippen LogP contribution in [0.25, 0.3) is 17.4 Å². The molecule has 36 heavy (non-hydrogen) atoms. The second-order valence-corrected chi connectivity index (χ2v) is 10.4. The molecule has 0 saturated carbocycles. The zero-order valence-corrected chi connectivity index (χ0v) is 21.5. The Hall–Kier alpha value is -2.85. The van der Waals surface area contributed by atoms with E-state index in [1.807, 2.05) is 18.2 Å². The van der Waals surface area contributed by atoms with Crippen molar-refractivity contribution in [2.45, 2.75) is 19.4 Å². The van der Waals surface area contributed by atoms with Crippen LogP contribution in [0.3, 0.4) is 0 Å². The summed E-state index contributed by atoms with van der Waals surface area (Å²) in [5, 5.41) is 6.54. The van der Waals surface area contributed by atoms with Crippen LogP contribution in [0.1, 0.15) is 24.3 Å². The number of nitrogens with one attached hydrogen (secondary N) is 2. The Labute approximate surface area is 222 Å². The first-order valence-electron chi connectivity index (χ1n) is 11.5. The van der Waals surface area contributed by atoms with Gasteiger partial charge in [-0.05, 0) is 79.5 Å². The number of hydrogen-bond acceptors (Lipinski definition) is 8. The van der Waals surface area contributed by atoms with Crippen molar-refractivity contribution in [3.63, 3.8) is 0 Å². The molecule has 0 aliphatic carbocycles. The molecule has 0 atom stereocenters. The van der Waals surface area contributed by atoms with E-state index in [1.54, 1.807) is 30.5 Å². The molecule has 5 rings (SSSR count). The van der Waals surface area contributed by atoms with Gasteiger partial charge in [0.1, 0.15) is 11.5 Å². The highest BCUT2D eigenvalue weighted by atomic mass is 35.5. The minimum absolute atomic E-state index is 0.342. The minimum atomic E-state index is -0.391. The first-order chi connectivity index (χ1) is 17.4. The molecule has 8 nitrogen and oxygen atoms in total. The van der Waals surface area contributed by atoms with Gasteiger partial charge in [-0.25, -0.2) is 9.97 Å². The van der Waals surface area contributed by atoms with Crippen LogP contribution in [0.4, 0.5) is 10.7 Å². The van der Waals surface area contributed by atoms with Crippen molar-refractivity contribution in [2.75, 3.05) is 24.5 Å². The normalized spacial score (nSPS) is 17.7. The summed E-state index contributed by atoms with van der Waals surface area (Å²) in [6.07, 6.45) is 5.32. The van der Waals surface area contributed by atoms with E-state index in [0.29, 0.717) is 39.1 Å². The molecule has 4 heterocycles. The van der Waals surface area contributed by atoms with Crippen molar-refractivity contribution in [2.24, 2.45) is 5.92 Å². The van der Waals surface area contributed by atoms with E-state index in [0.717, 1.165) is 61.3 Å². The molecule has 0 bridgehead atoms. The molecular weight excluding hydrogens is 521 g/mol. The summed E-state index contributed by atoms with van der Waals surface area (Å²) in [5.74, 6) is 2.35. The van der Waals surface area contributed by atoms with Gasteiger partial charge in [0.15, 0.2) is 0 Å². The lowest BCUT2D eigenvalue weighted by Gasteiger charge is -2.32. The predicted molar refractivity (Wildman–Crippen MR) is 142 cm³/mol. The number of furan rings is 1. The first kappa shape index (κ1) is 24.8. The Morgan fingerprint density at radius 2 is 2.00 bits per heavy atom. The summed E-state index contributed by atoms with van der Waals surface area (Å²) in [6, 6.07) is 11.0. The highest BCUT2D eigenvalue weighted by Crippen LogP contribution is 2.31. The minimum Gasteiger partial charge on any atom is -0.460 e. The molecule has 2 saturated heterocycles. The number of halogens is 2. The average molecular weight is 544 g/mol. The largest absolute Gasteiger partial charge is 0.460 e. The summed E-state index contributed by atoms with van der Waals surface area (Å²) in [6.45, 7) is 3.22. The van der Waals surface area contributed by atoms with Crippen LogP contribution in [0.2, 0.25) is 10.0 Å². The van der Waals surface area contributed by atoms with Gasteiger partial charge in [0.2, 0.25) is 5.95 Å². The Balaban J connectivity index is 1.10. The highest BCUT2D eigenvalue weighted by molar-refractivity contribution is 8.18. The number of carbonyl (C=O) groups is 2. The third-order valence-corrected chi connectivity index (χ3v) is 7.43. The van der Waals surface area contributed by atoms with Gasteiger partial charge < -0.3 is 14.6 Å². The van der Waals surface area contributed by atoms with Crippen molar-refractivity contribution in [1.82, 2.24) is 20.6 Å². The molecule has 0 radical (unpaired) electrons. The number of anilines is 1. The van der Waals surface area contributed by atoms with Crippen molar-refractivity contribution >= 4 is 58.1 Å². The summed E-state index contributed by atoms with van der Waals surface area (Å²) in [7, 11) is 0. The molecular formula is C25H23Cl2N5O3S. The number of amides is 2.